The molecular weight excluding hydrogens is 354 g/mol. The van der Waals surface area contributed by atoms with E-state index in [1.54, 1.807) is 20.8 Å². The number of ether oxygens (including phenoxy) is 5. The first kappa shape index (κ1) is 21.0. The summed E-state index contributed by atoms with van der Waals surface area (Å²) in [7, 11) is 0. The number of rotatable bonds is 3. The van der Waals surface area contributed by atoms with Crippen LogP contribution in [-0.2, 0) is 23.7 Å². The van der Waals surface area contributed by atoms with Gasteiger partial charge in [0.1, 0.15) is 30.0 Å². The van der Waals surface area contributed by atoms with E-state index in [-0.39, 0.29) is 6.10 Å². The lowest BCUT2D eigenvalue weighted by atomic mass is 10.1. The topological polar surface area (TPSA) is 89.9 Å². The van der Waals surface area contributed by atoms with Gasteiger partial charge in [0.05, 0.1) is 12.6 Å². The minimum absolute atomic E-state index is 0.332. The van der Waals surface area contributed by atoms with Gasteiger partial charge in [-0.3, -0.25) is 0 Å². The first-order valence-corrected chi connectivity index (χ1v) is 9.33. The molecule has 3 rings (SSSR count). The van der Waals surface area contributed by atoms with Gasteiger partial charge in [-0.05, 0) is 48.5 Å². The molecule has 3 fully saturated rings. The minimum Gasteiger partial charge on any atom is -0.378 e. The first-order valence-electron chi connectivity index (χ1n) is 9.33. The Morgan fingerprint density at radius 2 is 1.67 bits per heavy atom. The molecule has 0 aromatic heterocycles. The van der Waals surface area contributed by atoms with E-state index >= 15 is 0 Å². The predicted octanol–water partition coefficient (Wildman–Crippen LogP) is 1.24. The number of hydroxylamine groups is 2. The number of nitrogens with zero attached hydrogens (tertiary/aromatic N) is 1. The maximum Gasteiger partial charge on any atom is 0.164 e. The van der Waals surface area contributed by atoms with Gasteiger partial charge in [0.25, 0.3) is 0 Å². The summed E-state index contributed by atoms with van der Waals surface area (Å²) < 4.78 is 29.8. The van der Waals surface area contributed by atoms with Gasteiger partial charge in [-0.2, -0.15) is 0 Å². The molecule has 154 valence electrons. The SMILES string of the molecule is CC(C#CC(C)(C)O)N(O)C1O[C@H]([C@H]2COC(C)(C)O2)[C@@H]2OC(C)(C)O[C@H]12. The smallest absolute Gasteiger partial charge is 0.164 e. The molecule has 0 aliphatic carbocycles. The number of hydrogen-bond donors (Lipinski definition) is 2. The van der Waals surface area contributed by atoms with Crippen LogP contribution in [0.5, 0.6) is 0 Å². The van der Waals surface area contributed by atoms with E-state index in [0.29, 0.717) is 6.61 Å². The van der Waals surface area contributed by atoms with Gasteiger partial charge in [-0.15, -0.1) is 5.06 Å². The van der Waals surface area contributed by atoms with Gasteiger partial charge in [-0.25, -0.2) is 0 Å². The quantitative estimate of drug-likeness (QED) is 0.554. The summed E-state index contributed by atoms with van der Waals surface area (Å²) in [6.45, 7) is 12.6. The molecule has 0 aromatic carbocycles. The van der Waals surface area contributed by atoms with Crippen LogP contribution in [0.3, 0.4) is 0 Å². The maximum atomic E-state index is 10.7. The zero-order valence-electron chi connectivity index (χ0n) is 17.1. The Morgan fingerprint density at radius 3 is 2.22 bits per heavy atom. The third-order valence-electron chi connectivity index (χ3n) is 4.71. The van der Waals surface area contributed by atoms with Crippen LogP contribution in [0.1, 0.15) is 48.5 Å². The van der Waals surface area contributed by atoms with Crippen molar-refractivity contribution in [3.05, 3.63) is 0 Å². The molecule has 3 aliphatic rings. The lowest BCUT2D eigenvalue weighted by molar-refractivity contribution is -0.276. The van der Waals surface area contributed by atoms with Crippen molar-refractivity contribution in [2.24, 2.45) is 0 Å². The summed E-state index contributed by atoms with van der Waals surface area (Å²) in [6, 6.07) is -0.578. The lowest BCUT2D eigenvalue weighted by Crippen LogP contribution is -2.46. The fraction of sp³-hybridized carbons (Fsp3) is 0.895. The minimum atomic E-state index is -1.15. The Balaban J connectivity index is 1.78. The summed E-state index contributed by atoms with van der Waals surface area (Å²) in [5, 5.41) is 21.5. The van der Waals surface area contributed by atoms with Gasteiger partial charge in [0.2, 0.25) is 0 Å². The third-order valence-corrected chi connectivity index (χ3v) is 4.71. The molecule has 8 nitrogen and oxygen atoms in total. The molecular formula is C19H31NO7. The van der Waals surface area contributed by atoms with Gasteiger partial charge in [0.15, 0.2) is 17.8 Å². The van der Waals surface area contributed by atoms with Gasteiger partial charge < -0.3 is 34.0 Å². The van der Waals surface area contributed by atoms with E-state index in [2.05, 4.69) is 11.8 Å². The fourth-order valence-corrected chi connectivity index (χ4v) is 3.56. The normalized spacial score (nSPS) is 38.5. The van der Waals surface area contributed by atoms with Crippen LogP contribution < -0.4 is 0 Å². The highest BCUT2D eigenvalue weighted by Crippen LogP contribution is 2.43. The largest absolute Gasteiger partial charge is 0.378 e. The molecule has 0 amide bonds. The summed E-state index contributed by atoms with van der Waals surface area (Å²) in [5.74, 6) is 4.06. The van der Waals surface area contributed by atoms with Crippen molar-refractivity contribution in [3.63, 3.8) is 0 Å². The summed E-state index contributed by atoms with van der Waals surface area (Å²) in [6.07, 6.45) is -2.47. The van der Waals surface area contributed by atoms with E-state index in [9.17, 15) is 10.3 Å². The average Bonchev–Trinajstić information content (AvgIpc) is 3.13. The molecule has 3 aliphatic heterocycles. The van der Waals surface area contributed by atoms with E-state index in [4.69, 9.17) is 23.7 Å². The van der Waals surface area contributed by atoms with E-state index in [1.807, 2.05) is 27.7 Å². The van der Waals surface area contributed by atoms with Crippen molar-refractivity contribution in [2.75, 3.05) is 6.61 Å². The molecule has 0 bridgehead atoms. The van der Waals surface area contributed by atoms with Crippen LogP contribution in [0.15, 0.2) is 0 Å². The Hall–Kier alpha value is -0.760. The molecule has 3 heterocycles. The first-order chi connectivity index (χ1) is 12.3. The van der Waals surface area contributed by atoms with Crippen LogP contribution >= 0.6 is 0 Å². The van der Waals surface area contributed by atoms with E-state index < -0.39 is 47.8 Å². The van der Waals surface area contributed by atoms with Crippen LogP contribution in [0.2, 0.25) is 0 Å². The Labute approximate surface area is 160 Å². The molecule has 27 heavy (non-hydrogen) atoms. The van der Waals surface area contributed by atoms with Crippen molar-refractivity contribution in [1.82, 2.24) is 5.06 Å². The number of aliphatic hydroxyl groups is 1. The third kappa shape index (κ3) is 4.63. The molecule has 0 aromatic rings. The van der Waals surface area contributed by atoms with Crippen LogP contribution in [0, 0.1) is 11.8 Å². The zero-order valence-corrected chi connectivity index (χ0v) is 17.1. The molecule has 0 radical (unpaired) electrons. The molecule has 2 unspecified atom stereocenters. The lowest BCUT2D eigenvalue weighted by Gasteiger charge is -2.30. The summed E-state index contributed by atoms with van der Waals surface area (Å²) in [5.41, 5.74) is -1.15. The standard InChI is InChI=1S/C19H31NO7/c1-11(8-9-17(2,3)21)20(22)16-15-14(26-19(6,7)27-15)13(24-16)12-10-23-18(4,5)25-12/h11-16,21-22H,10H2,1-7H3/t11?,12-,13-,14+,15+,16?/m1/s1. The highest BCUT2D eigenvalue weighted by Gasteiger charge is 2.60. The Morgan fingerprint density at radius 1 is 1.04 bits per heavy atom. The monoisotopic (exact) mass is 385 g/mol. The fourth-order valence-electron chi connectivity index (χ4n) is 3.56. The average molecular weight is 385 g/mol. The van der Waals surface area contributed by atoms with Gasteiger partial charge in [0, 0.05) is 0 Å². The van der Waals surface area contributed by atoms with Crippen molar-refractivity contribution >= 4 is 0 Å². The second-order valence-electron chi connectivity index (χ2n) is 8.81. The second-order valence-corrected chi connectivity index (χ2v) is 8.81. The zero-order chi connectivity index (χ0) is 20.2. The molecule has 0 saturated carbocycles. The van der Waals surface area contributed by atoms with Crippen LogP contribution in [0.4, 0.5) is 0 Å². The molecule has 0 spiro atoms. The molecule has 8 heteroatoms. The summed E-state index contributed by atoms with van der Waals surface area (Å²) >= 11 is 0. The van der Waals surface area contributed by atoms with E-state index in [1.165, 1.54) is 0 Å². The molecule has 3 saturated heterocycles. The van der Waals surface area contributed by atoms with Gasteiger partial charge in [-0.1, -0.05) is 11.8 Å². The van der Waals surface area contributed by atoms with Crippen molar-refractivity contribution < 1.29 is 34.0 Å². The van der Waals surface area contributed by atoms with Gasteiger partial charge >= 0.3 is 0 Å². The second kappa shape index (κ2) is 6.94. The van der Waals surface area contributed by atoms with E-state index in [0.717, 1.165) is 5.06 Å². The van der Waals surface area contributed by atoms with Crippen LogP contribution in [-0.4, -0.2) is 75.8 Å². The van der Waals surface area contributed by atoms with Crippen molar-refractivity contribution in [1.29, 1.82) is 0 Å². The van der Waals surface area contributed by atoms with Crippen LogP contribution in [0.25, 0.3) is 0 Å². The Bertz CT molecular complexity index is 618. The summed E-state index contributed by atoms with van der Waals surface area (Å²) in [4.78, 5) is 0. The van der Waals surface area contributed by atoms with Crippen molar-refractivity contribution in [2.45, 2.75) is 102 Å². The maximum absolute atomic E-state index is 10.7. The number of hydrogen-bond acceptors (Lipinski definition) is 8. The molecule has 2 N–H and O–H groups in total. The van der Waals surface area contributed by atoms with Crippen molar-refractivity contribution in [3.8, 4) is 11.8 Å². The highest BCUT2D eigenvalue weighted by molar-refractivity contribution is 5.15. The number of fused-ring (bicyclic) bond motifs is 1. The highest BCUT2D eigenvalue weighted by atomic mass is 16.8. The molecule has 6 atom stereocenters. The Kier molecular flexibility index (Phi) is 5.38. The predicted molar refractivity (Wildman–Crippen MR) is 94.6 cm³/mol.